The summed E-state index contributed by atoms with van der Waals surface area (Å²) in [5.74, 6) is 0.299. The number of fused-ring (bicyclic) bond motifs is 1. The van der Waals surface area contributed by atoms with Crippen molar-refractivity contribution in [3.05, 3.63) is 100 Å². The predicted molar refractivity (Wildman–Crippen MR) is 116 cm³/mol. The zero-order valence-corrected chi connectivity index (χ0v) is 17.0. The fourth-order valence-electron chi connectivity index (χ4n) is 3.00. The molecule has 0 N–H and O–H groups in total. The minimum Gasteiger partial charge on any atom is -0.497 e. The van der Waals surface area contributed by atoms with Gasteiger partial charge in [-0.3, -0.25) is 14.5 Å². The number of hydrogen-bond donors (Lipinski definition) is 0. The summed E-state index contributed by atoms with van der Waals surface area (Å²) in [4.78, 5) is 28.9. The van der Waals surface area contributed by atoms with Gasteiger partial charge in [0.15, 0.2) is 0 Å². The fourth-order valence-corrected chi connectivity index (χ4v) is 4.20. The maximum atomic E-state index is 13.3. The Hall–Kier alpha value is -3.02. The van der Waals surface area contributed by atoms with Crippen LogP contribution in [-0.4, -0.2) is 18.8 Å². The molecular weight excluding hydrogens is 406 g/mol. The molecule has 0 spiro atoms. The van der Waals surface area contributed by atoms with Crippen molar-refractivity contribution in [2.24, 2.45) is 0 Å². The van der Waals surface area contributed by atoms with Crippen LogP contribution < -0.4 is 9.64 Å². The van der Waals surface area contributed by atoms with E-state index in [1.807, 2.05) is 18.2 Å². The molecule has 1 amide bonds. The van der Waals surface area contributed by atoms with Gasteiger partial charge in [0.2, 0.25) is 5.78 Å². The standard InChI is InChI=1S/C23H16ClNO3S/c1-28-18-11-9-17(10-12-18)25(23(27)15-5-4-6-16(24)13-15)14-21-22(26)19-7-2-3-8-20(19)29-21/h2-14H,1H3. The van der Waals surface area contributed by atoms with Crippen LogP contribution >= 0.6 is 23.4 Å². The van der Waals surface area contributed by atoms with Gasteiger partial charge in [0, 0.05) is 32.9 Å². The van der Waals surface area contributed by atoms with Crippen LogP contribution in [0.1, 0.15) is 20.7 Å². The van der Waals surface area contributed by atoms with Crippen LogP contribution in [0.25, 0.3) is 0 Å². The van der Waals surface area contributed by atoms with E-state index in [0.29, 0.717) is 32.5 Å². The molecule has 0 bridgehead atoms. The highest BCUT2D eigenvalue weighted by atomic mass is 35.5. The van der Waals surface area contributed by atoms with Crippen LogP contribution in [0.2, 0.25) is 5.02 Å². The van der Waals surface area contributed by atoms with E-state index in [9.17, 15) is 9.59 Å². The van der Waals surface area contributed by atoms with Gasteiger partial charge in [-0.05, 0) is 54.6 Å². The zero-order chi connectivity index (χ0) is 20.4. The highest BCUT2D eigenvalue weighted by Gasteiger charge is 2.28. The number of anilines is 1. The summed E-state index contributed by atoms with van der Waals surface area (Å²) in [6.07, 6.45) is 1.60. The van der Waals surface area contributed by atoms with Crippen molar-refractivity contribution < 1.29 is 14.3 Å². The number of rotatable bonds is 4. The molecule has 0 atom stereocenters. The maximum absolute atomic E-state index is 13.3. The van der Waals surface area contributed by atoms with E-state index in [2.05, 4.69) is 0 Å². The lowest BCUT2D eigenvalue weighted by atomic mass is 10.1. The highest BCUT2D eigenvalue weighted by Crippen LogP contribution is 2.40. The molecule has 0 unspecified atom stereocenters. The first-order valence-corrected chi connectivity index (χ1v) is 10.0. The quantitative estimate of drug-likeness (QED) is 0.497. The van der Waals surface area contributed by atoms with Gasteiger partial charge in [0.1, 0.15) is 5.75 Å². The van der Waals surface area contributed by atoms with Crippen molar-refractivity contribution >= 4 is 40.7 Å². The first-order chi connectivity index (χ1) is 14.1. The van der Waals surface area contributed by atoms with Crippen molar-refractivity contribution in [3.8, 4) is 5.75 Å². The van der Waals surface area contributed by atoms with Gasteiger partial charge in [-0.2, -0.15) is 0 Å². The van der Waals surface area contributed by atoms with E-state index in [1.165, 1.54) is 16.7 Å². The lowest BCUT2D eigenvalue weighted by Crippen LogP contribution is -2.26. The molecule has 0 aliphatic carbocycles. The zero-order valence-electron chi connectivity index (χ0n) is 15.5. The molecule has 0 saturated carbocycles. The monoisotopic (exact) mass is 421 g/mol. The van der Waals surface area contributed by atoms with E-state index in [4.69, 9.17) is 16.3 Å². The Balaban J connectivity index is 1.76. The Morgan fingerprint density at radius 2 is 1.79 bits per heavy atom. The third-order valence-corrected chi connectivity index (χ3v) is 5.78. The summed E-state index contributed by atoms with van der Waals surface area (Å²) in [7, 11) is 1.58. The van der Waals surface area contributed by atoms with Crippen LogP contribution in [0.3, 0.4) is 0 Å². The predicted octanol–water partition coefficient (Wildman–Crippen LogP) is 5.83. The van der Waals surface area contributed by atoms with E-state index < -0.39 is 0 Å². The lowest BCUT2D eigenvalue weighted by molar-refractivity contribution is 0.0997. The van der Waals surface area contributed by atoms with Crippen LogP contribution in [0.15, 0.2) is 88.8 Å². The number of allylic oxidation sites excluding steroid dienone is 1. The number of benzene rings is 3. The van der Waals surface area contributed by atoms with E-state index in [1.54, 1.807) is 67.9 Å². The second-order valence-corrected chi connectivity index (χ2v) is 7.82. The van der Waals surface area contributed by atoms with Crippen LogP contribution in [0.4, 0.5) is 5.69 Å². The minimum absolute atomic E-state index is 0.0944. The Bertz CT molecular complexity index is 1120. The number of amides is 1. The third-order valence-electron chi connectivity index (χ3n) is 4.46. The lowest BCUT2D eigenvalue weighted by Gasteiger charge is -2.20. The average molecular weight is 422 g/mol. The SMILES string of the molecule is COc1ccc(N(C=C2Sc3ccccc3C2=O)C(=O)c2cccc(Cl)c2)cc1. The Morgan fingerprint density at radius 3 is 2.48 bits per heavy atom. The Labute approximate surface area is 177 Å². The number of Topliss-reactive ketones (excluding diaryl/α,β-unsaturated/α-hetero) is 1. The molecule has 1 heterocycles. The molecule has 0 radical (unpaired) electrons. The molecule has 144 valence electrons. The third kappa shape index (κ3) is 3.92. The summed E-state index contributed by atoms with van der Waals surface area (Å²) < 4.78 is 5.21. The summed E-state index contributed by atoms with van der Waals surface area (Å²) in [5.41, 5.74) is 1.69. The molecule has 29 heavy (non-hydrogen) atoms. The molecule has 0 fully saturated rings. The van der Waals surface area contributed by atoms with Crippen molar-refractivity contribution in [3.63, 3.8) is 0 Å². The molecule has 0 aromatic heterocycles. The average Bonchev–Trinajstić information content (AvgIpc) is 3.07. The van der Waals surface area contributed by atoms with Crippen molar-refractivity contribution in [2.45, 2.75) is 4.90 Å². The van der Waals surface area contributed by atoms with Crippen LogP contribution in [-0.2, 0) is 0 Å². The van der Waals surface area contributed by atoms with Crippen molar-refractivity contribution in [1.82, 2.24) is 0 Å². The minimum atomic E-state index is -0.283. The maximum Gasteiger partial charge on any atom is 0.262 e. The molecular formula is C23H16ClNO3S. The van der Waals surface area contributed by atoms with E-state index in [-0.39, 0.29) is 11.7 Å². The number of nitrogens with zero attached hydrogens (tertiary/aromatic N) is 1. The van der Waals surface area contributed by atoms with Gasteiger partial charge in [0.25, 0.3) is 5.91 Å². The van der Waals surface area contributed by atoms with Gasteiger partial charge in [-0.1, -0.05) is 41.6 Å². The first-order valence-electron chi connectivity index (χ1n) is 8.83. The molecule has 3 aromatic carbocycles. The number of carbonyl (C=O) groups is 2. The molecule has 0 saturated heterocycles. The number of methoxy groups -OCH3 is 1. The van der Waals surface area contributed by atoms with Gasteiger partial charge >= 0.3 is 0 Å². The largest absolute Gasteiger partial charge is 0.497 e. The number of halogens is 1. The molecule has 1 aliphatic heterocycles. The molecule has 4 rings (SSSR count). The molecule has 1 aliphatic rings. The van der Waals surface area contributed by atoms with Crippen LogP contribution in [0, 0.1) is 0 Å². The summed E-state index contributed by atoms with van der Waals surface area (Å²) in [5, 5.41) is 0.469. The summed E-state index contributed by atoms with van der Waals surface area (Å²) >= 11 is 7.43. The Morgan fingerprint density at radius 1 is 1.03 bits per heavy atom. The molecule has 3 aromatic rings. The number of hydrogen-bond acceptors (Lipinski definition) is 4. The van der Waals surface area contributed by atoms with Gasteiger partial charge < -0.3 is 4.74 Å². The summed E-state index contributed by atoms with van der Waals surface area (Å²) in [6.45, 7) is 0. The normalized spacial score (nSPS) is 14.0. The topological polar surface area (TPSA) is 46.6 Å². The first kappa shape index (κ1) is 19.3. The van der Waals surface area contributed by atoms with Gasteiger partial charge in [0.05, 0.1) is 12.0 Å². The number of thioether (sulfide) groups is 1. The van der Waals surface area contributed by atoms with Gasteiger partial charge in [-0.25, -0.2) is 0 Å². The molecule has 6 heteroatoms. The Kier molecular flexibility index (Phi) is 5.43. The van der Waals surface area contributed by atoms with E-state index >= 15 is 0 Å². The second kappa shape index (κ2) is 8.15. The smallest absolute Gasteiger partial charge is 0.262 e. The highest BCUT2D eigenvalue weighted by molar-refractivity contribution is 8.04. The van der Waals surface area contributed by atoms with Crippen molar-refractivity contribution in [1.29, 1.82) is 0 Å². The number of ketones is 1. The van der Waals surface area contributed by atoms with Gasteiger partial charge in [-0.15, -0.1) is 0 Å². The number of ether oxygens (including phenoxy) is 1. The fraction of sp³-hybridized carbons (Fsp3) is 0.0435. The number of carbonyl (C=O) groups excluding carboxylic acids is 2. The molecule has 4 nitrogen and oxygen atoms in total. The van der Waals surface area contributed by atoms with Crippen LogP contribution in [0.5, 0.6) is 5.75 Å². The second-order valence-electron chi connectivity index (χ2n) is 6.30. The van der Waals surface area contributed by atoms with E-state index in [0.717, 1.165) is 4.90 Å². The summed E-state index contributed by atoms with van der Waals surface area (Å²) in [6, 6.07) is 21.2. The van der Waals surface area contributed by atoms with Crippen molar-refractivity contribution in [2.75, 3.05) is 12.0 Å².